The third-order valence-corrected chi connectivity index (χ3v) is 3.39. The molecule has 2 aromatic carbocycles. The minimum atomic E-state index is -0.519. The minimum Gasteiger partial charge on any atom is -0.458 e. The Morgan fingerprint density at radius 3 is 2.62 bits per heavy atom. The van der Waals surface area contributed by atoms with E-state index >= 15 is 0 Å². The SMILES string of the molecule is O=C(/C=C/c1ccccc1F)OCc1ccc(-n2cccn2)cc1. The quantitative estimate of drug-likeness (QED) is 0.530. The van der Waals surface area contributed by atoms with Gasteiger partial charge >= 0.3 is 5.97 Å². The van der Waals surface area contributed by atoms with Gasteiger partial charge in [-0.15, -0.1) is 0 Å². The molecule has 0 amide bonds. The Labute approximate surface area is 138 Å². The van der Waals surface area contributed by atoms with Crippen molar-refractivity contribution in [2.75, 3.05) is 0 Å². The number of carbonyl (C=O) groups excluding carboxylic acids is 1. The van der Waals surface area contributed by atoms with Crippen molar-refractivity contribution in [3.8, 4) is 5.69 Å². The zero-order valence-electron chi connectivity index (χ0n) is 12.8. The van der Waals surface area contributed by atoms with Gasteiger partial charge in [0.25, 0.3) is 0 Å². The second kappa shape index (κ2) is 7.37. The Morgan fingerprint density at radius 2 is 1.92 bits per heavy atom. The van der Waals surface area contributed by atoms with Crippen molar-refractivity contribution in [1.29, 1.82) is 0 Å². The average molecular weight is 322 g/mol. The summed E-state index contributed by atoms with van der Waals surface area (Å²) in [4.78, 5) is 11.7. The molecule has 1 heterocycles. The number of aromatic nitrogens is 2. The zero-order chi connectivity index (χ0) is 16.8. The van der Waals surface area contributed by atoms with Crippen molar-refractivity contribution in [3.63, 3.8) is 0 Å². The Balaban J connectivity index is 1.55. The number of rotatable bonds is 5. The summed E-state index contributed by atoms with van der Waals surface area (Å²) in [6.45, 7) is 0.153. The van der Waals surface area contributed by atoms with Crippen LogP contribution >= 0.6 is 0 Å². The molecule has 0 aliphatic carbocycles. The Bertz CT molecular complexity index is 840. The summed E-state index contributed by atoms with van der Waals surface area (Å²) in [5, 5.41) is 4.14. The fourth-order valence-corrected chi connectivity index (χ4v) is 2.14. The van der Waals surface area contributed by atoms with Gasteiger partial charge in [0.2, 0.25) is 0 Å². The molecule has 0 atom stereocenters. The molecule has 24 heavy (non-hydrogen) atoms. The van der Waals surface area contributed by atoms with Crippen LogP contribution in [0, 0.1) is 5.82 Å². The van der Waals surface area contributed by atoms with Crippen LogP contribution in [0.15, 0.2) is 73.1 Å². The molecule has 120 valence electrons. The lowest BCUT2D eigenvalue weighted by atomic mass is 10.2. The van der Waals surface area contributed by atoms with Crippen molar-refractivity contribution in [3.05, 3.63) is 90.0 Å². The molecule has 0 fully saturated rings. The van der Waals surface area contributed by atoms with Crippen molar-refractivity contribution in [1.82, 2.24) is 9.78 Å². The molecule has 3 aromatic rings. The molecule has 0 radical (unpaired) electrons. The molecule has 0 unspecified atom stereocenters. The molecule has 1 aromatic heterocycles. The Morgan fingerprint density at radius 1 is 1.12 bits per heavy atom. The molecule has 0 aliphatic rings. The highest BCUT2D eigenvalue weighted by Gasteiger charge is 2.02. The van der Waals surface area contributed by atoms with Gasteiger partial charge in [-0.05, 0) is 35.9 Å². The molecule has 0 N–H and O–H groups in total. The van der Waals surface area contributed by atoms with E-state index in [0.717, 1.165) is 11.3 Å². The van der Waals surface area contributed by atoms with Gasteiger partial charge in [-0.25, -0.2) is 13.9 Å². The van der Waals surface area contributed by atoms with Crippen LogP contribution in [0.1, 0.15) is 11.1 Å². The number of nitrogens with zero attached hydrogens (tertiary/aromatic N) is 2. The van der Waals surface area contributed by atoms with Crippen LogP contribution in [-0.2, 0) is 16.1 Å². The lowest BCUT2D eigenvalue weighted by Gasteiger charge is -2.05. The molecule has 4 nitrogen and oxygen atoms in total. The number of carbonyl (C=O) groups is 1. The molecule has 0 spiro atoms. The molecule has 0 aliphatic heterocycles. The van der Waals surface area contributed by atoms with E-state index in [1.165, 1.54) is 18.2 Å². The van der Waals surface area contributed by atoms with Crippen LogP contribution in [0.25, 0.3) is 11.8 Å². The summed E-state index contributed by atoms with van der Waals surface area (Å²) in [7, 11) is 0. The van der Waals surface area contributed by atoms with E-state index in [1.807, 2.05) is 36.5 Å². The normalized spacial score (nSPS) is 10.9. The van der Waals surface area contributed by atoms with E-state index in [2.05, 4.69) is 5.10 Å². The number of hydrogen-bond acceptors (Lipinski definition) is 3. The second-order valence-electron chi connectivity index (χ2n) is 5.08. The van der Waals surface area contributed by atoms with Crippen molar-refractivity contribution in [2.45, 2.75) is 6.61 Å². The maximum absolute atomic E-state index is 13.4. The standard InChI is InChI=1S/C19H15FN2O2/c20-18-5-2-1-4-16(18)8-11-19(23)24-14-15-6-9-17(10-7-15)22-13-3-12-21-22/h1-13H,14H2/b11-8+. The first-order valence-corrected chi connectivity index (χ1v) is 7.41. The van der Waals surface area contributed by atoms with E-state index < -0.39 is 5.97 Å². The second-order valence-corrected chi connectivity index (χ2v) is 5.08. The van der Waals surface area contributed by atoms with Crippen molar-refractivity contribution in [2.24, 2.45) is 0 Å². The number of ether oxygens (including phenoxy) is 1. The first kappa shape index (κ1) is 15.7. The molecule has 0 saturated carbocycles. The number of hydrogen-bond donors (Lipinski definition) is 0. The maximum Gasteiger partial charge on any atom is 0.331 e. The average Bonchev–Trinajstić information content (AvgIpc) is 3.14. The lowest BCUT2D eigenvalue weighted by molar-refractivity contribution is -0.138. The number of benzene rings is 2. The van der Waals surface area contributed by atoms with Gasteiger partial charge in [-0.2, -0.15) is 5.10 Å². The first-order valence-electron chi connectivity index (χ1n) is 7.41. The van der Waals surface area contributed by atoms with Gasteiger partial charge in [0.1, 0.15) is 12.4 Å². The van der Waals surface area contributed by atoms with E-state index in [4.69, 9.17) is 4.74 Å². The summed E-state index contributed by atoms with van der Waals surface area (Å²) >= 11 is 0. The van der Waals surface area contributed by atoms with Crippen LogP contribution in [-0.4, -0.2) is 15.7 Å². The highest BCUT2D eigenvalue weighted by atomic mass is 19.1. The third kappa shape index (κ3) is 3.95. The molecule has 0 saturated heterocycles. The van der Waals surface area contributed by atoms with Crippen molar-refractivity contribution < 1.29 is 13.9 Å². The monoisotopic (exact) mass is 322 g/mol. The minimum absolute atomic E-state index is 0.153. The molecule has 5 heteroatoms. The van der Waals surface area contributed by atoms with Crippen LogP contribution < -0.4 is 0 Å². The topological polar surface area (TPSA) is 44.1 Å². The van der Waals surface area contributed by atoms with E-state index in [1.54, 1.807) is 29.1 Å². The van der Waals surface area contributed by atoms with Crippen LogP contribution in [0.4, 0.5) is 4.39 Å². The highest BCUT2D eigenvalue weighted by molar-refractivity contribution is 5.87. The summed E-state index contributed by atoms with van der Waals surface area (Å²) < 4.78 is 20.3. The van der Waals surface area contributed by atoms with E-state index in [-0.39, 0.29) is 12.4 Å². The molecule has 0 bridgehead atoms. The summed E-state index contributed by atoms with van der Waals surface area (Å²) in [6, 6.07) is 15.6. The fourth-order valence-electron chi connectivity index (χ4n) is 2.14. The van der Waals surface area contributed by atoms with Crippen LogP contribution in [0.5, 0.6) is 0 Å². The van der Waals surface area contributed by atoms with Gasteiger partial charge in [0.15, 0.2) is 0 Å². The summed E-state index contributed by atoms with van der Waals surface area (Å²) in [5.74, 6) is -0.898. The van der Waals surface area contributed by atoms with E-state index in [9.17, 15) is 9.18 Å². The summed E-state index contributed by atoms with van der Waals surface area (Å²) in [5.41, 5.74) is 2.13. The first-order chi connectivity index (χ1) is 11.7. The van der Waals surface area contributed by atoms with Crippen LogP contribution in [0.2, 0.25) is 0 Å². The fraction of sp³-hybridized carbons (Fsp3) is 0.0526. The third-order valence-electron chi connectivity index (χ3n) is 3.39. The molecular formula is C19H15FN2O2. The van der Waals surface area contributed by atoms with Gasteiger partial charge in [-0.3, -0.25) is 0 Å². The number of esters is 1. The summed E-state index contributed by atoms with van der Waals surface area (Å²) in [6.07, 6.45) is 6.18. The van der Waals surface area contributed by atoms with Gasteiger partial charge < -0.3 is 4.74 Å². The maximum atomic E-state index is 13.4. The molecular weight excluding hydrogens is 307 g/mol. The van der Waals surface area contributed by atoms with Gasteiger partial charge in [-0.1, -0.05) is 30.3 Å². The Hall–Kier alpha value is -3.21. The Kier molecular flexibility index (Phi) is 4.81. The van der Waals surface area contributed by atoms with Gasteiger partial charge in [0, 0.05) is 24.0 Å². The van der Waals surface area contributed by atoms with Gasteiger partial charge in [0.05, 0.1) is 5.69 Å². The number of halogens is 1. The predicted molar refractivity (Wildman–Crippen MR) is 88.8 cm³/mol. The highest BCUT2D eigenvalue weighted by Crippen LogP contribution is 2.11. The van der Waals surface area contributed by atoms with Crippen LogP contribution in [0.3, 0.4) is 0 Å². The zero-order valence-corrected chi connectivity index (χ0v) is 12.8. The largest absolute Gasteiger partial charge is 0.458 e. The molecule has 3 rings (SSSR count). The smallest absolute Gasteiger partial charge is 0.331 e. The lowest BCUT2D eigenvalue weighted by Crippen LogP contribution is -2.01. The predicted octanol–water partition coefficient (Wildman–Crippen LogP) is 3.77. The van der Waals surface area contributed by atoms with Crippen molar-refractivity contribution >= 4 is 12.0 Å². The van der Waals surface area contributed by atoms with E-state index in [0.29, 0.717) is 5.56 Å².